The third-order valence-electron chi connectivity index (χ3n) is 3.74. The predicted octanol–water partition coefficient (Wildman–Crippen LogP) is 3.47. The molecule has 0 amide bonds. The van der Waals surface area contributed by atoms with Gasteiger partial charge < -0.3 is 14.2 Å². The van der Waals surface area contributed by atoms with E-state index in [0.29, 0.717) is 16.9 Å². The van der Waals surface area contributed by atoms with E-state index in [-0.39, 0.29) is 19.0 Å². The number of esters is 1. The Balaban J connectivity index is 1.91. The Morgan fingerprint density at radius 3 is 2.60 bits per heavy atom. The van der Waals surface area contributed by atoms with Crippen LogP contribution in [0.4, 0.5) is 0 Å². The van der Waals surface area contributed by atoms with Crippen LogP contribution in [0.5, 0.6) is 5.75 Å². The van der Waals surface area contributed by atoms with Crippen molar-refractivity contribution in [2.45, 2.75) is 13.0 Å². The van der Waals surface area contributed by atoms with Crippen molar-refractivity contribution < 1.29 is 23.8 Å². The van der Waals surface area contributed by atoms with Crippen LogP contribution in [-0.4, -0.2) is 25.0 Å². The molecule has 2 aromatic carbocycles. The van der Waals surface area contributed by atoms with E-state index in [4.69, 9.17) is 14.2 Å². The van der Waals surface area contributed by atoms with Gasteiger partial charge in [-0.1, -0.05) is 42.5 Å². The van der Waals surface area contributed by atoms with Gasteiger partial charge in [0.25, 0.3) is 0 Å². The number of fused-ring (bicyclic) bond motifs is 1. The fourth-order valence-electron chi connectivity index (χ4n) is 2.61. The molecule has 1 atom stereocenters. The number of Topliss-reactive ketones (excluding diaryl/α,β-unsaturated/α-hetero) is 1. The Labute approximate surface area is 145 Å². The first-order valence-electron chi connectivity index (χ1n) is 8.03. The largest absolute Gasteiger partial charge is 0.489 e. The number of hydrogen-bond donors (Lipinski definition) is 0. The van der Waals surface area contributed by atoms with Crippen LogP contribution < -0.4 is 4.74 Å². The van der Waals surface area contributed by atoms with Crippen LogP contribution in [0.15, 0.2) is 66.4 Å². The van der Waals surface area contributed by atoms with Crippen molar-refractivity contribution in [3.8, 4) is 5.75 Å². The lowest BCUT2D eigenvalue weighted by atomic mass is 9.92. The first kappa shape index (κ1) is 16.8. The van der Waals surface area contributed by atoms with E-state index < -0.39 is 12.1 Å². The molecule has 0 aliphatic carbocycles. The zero-order chi connectivity index (χ0) is 17.6. The molecular formula is C20H18O5. The summed E-state index contributed by atoms with van der Waals surface area (Å²) in [4.78, 5) is 24.3. The minimum Gasteiger partial charge on any atom is -0.489 e. The molecule has 0 saturated carbocycles. The van der Waals surface area contributed by atoms with E-state index >= 15 is 0 Å². The number of ketones is 1. The van der Waals surface area contributed by atoms with Crippen molar-refractivity contribution in [2.24, 2.45) is 0 Å². The highest BCUT2D eigenvalue weighted by molar-refractivity contribution is 6.12. The average Bonchev–Trinajstić information content (AvgIpc) is 2.64. The monoisotopic (exact) mass is 338 g/mol. The van der Waals surface area contributed by atoms with Crippen molar-refractivity contribution >= 4 is 11.8 Å². The molecule has 0 radical (unpaired) electrons. The Morgan fingerprint density at radius 2 is 1.84 bits per heavy atom. The summed E-state index contributed by atoms with van der Waals surface area (Å²) in [6.07, 6.45) is 0.707. The second-order valence-corrected chi connectivity index (χ2v) is 5.42. The van der Waals surface area contributed by atoms with E-state index in [1.165, 1.54) is 6.26 Å². The van der Waals surface area contributed by atoms with E-state index in [2.05, 4.69) is 0 Å². The van der Waals surface area contributed by atoms with Gasteiger partial charge in [0.2, 0.25) is 0 Å². The molecule has 1 aliphatic rings. The molecule has 1 heterocycles. The molecule has 0 saturated heterocycles. The zero-order valence-corrected chi connectivity index (χ0v) is 13.8. The maximum Gasteiger partial charge on any atom is 0.344 e. The quantitative estimate of drug-likeness (QED) is 0.475. The summed E-state index contributed by atoms with van der Waals surface area (Å²) in [7, 11) is 0. The van der Waals surface area contributed by atoms with Crippen molar-refractivity contribution in [3.05, 3.63) is 77.6 Å². The molecule has 0 N–H and O–H groups in total. The van der Waals surface area contributed by atoms with Gasteiger partial charge >= 0.3 is 5.97 Å². The van der Waals surface area contributed by atoms with Crippen LogP contribution in [0.1, 0.15) is 28.9 Å². The molecule has 1 unspecified atom stereocenters. The topological polar surface area (TPSA) is 61.8 Å². The number of carbonyl (C=O) groups is 2. The van der Waals surface area contributed by atoms with Gasteiger partial charge in [0.05, 0.1) is 24.0 Å². The highest BCUT2D eigenvalue weighted by atomic mass is 16.6. The Bertz CT molecular complexity index is 795. The smallest absolute Gasteiger partial charge is 0.344 e. The normalized spacial score (nSPS) is 17.6. The molecule has 128 valence electrons. The van der Waals surface area contributed by atoms with E-state index in [9.17, 15) is 9.59 Å². The molecular weight excluding hydrogens is 320 g/mol. The molecule has 0 spiro atoms. The van der Waals surface area contributed by atoms with E-state index in [1.807, 2.05) is 36.4 Å². The molecule has 0 bridgehead atoms. The number of hydrogen-bond acceptors (Lipinski definition) is 5. The molecule has 1 aliphatic heterocycles. The van der Waals surface area contributed by atoms with Gasteiger partial charge in [-0.25, -0.2) is 4.79 Å². The maximum atomic E-state index is 12.9. The molecule has 3 rings (SSSR count). The van der Waals surface area contributed by atoms with Crippen LogP contribution >= 0.6 is 0 Å². The van der Waals surface area contributed by atoms with Gasteiger partial charge in [-0.3, -0.25) is 4.79 Å². The van der Waals surface area contributed by atoms with Gasteiger partial charge in [0, 0.05) is 0 Å². The minimum absolute atomic E-state index is 0.181. The second kappa shape index (κ2) is 7.66. The van der Waals surface area contributed by atoms with E-state index in [0.717, 1.165) is 5.56 Å². The number of rotatable bonds is 5. The SMILES string of the molecule is CCOC(=O)COC=C1C(=O)c2ccccc2OC1c1ccccc1. The summed E-state index contributed by atoms with van der Waals surface area (Å²) in [6, 6.07) is 16.5. The van der Waals surface area contributed by atoms with Crippen molar-refractivity contribution in [1.29, 1.82) is 0 Å². The highest BCUT2D eigenvalue weighted by Gasteiger charge is 2.33. The first-order chi connectivity index (χ1) is 12.2. The summed E-state index contributed by atoms with van der Waals surface area (Å²) < 4.78 is 16.1. The summed E-state index contributed by atoms with van der Waals surface area (Å²) in [6.45, 7) is 1.74. The Hall–Kier alpha value is -3.08. The summed E-state index contributed by atoms with van der Waals surface area (Å²) in [5.41, 5.74) is 1.64. The lowest BCUT2D eigenvalue weighted by Gasteiger charge is -2.27. The summed E-state index contributed by atoms with van der Waals surface area (Å²) in [5.74, 6) is -0.136. The standard InChI is InChI=1S/C20H18O5/c1-2-24-18(21)13-23-12-16-19(22)15-10-6-7-11-17(15)25-20(16)14-8-4-3-5-9-14/h3-12,20H,2,13H2,1H3. The van der Waals surface area contributed by atoms with Gasteiger partial charge in [-0.05, 0) is 24.6 Å². The van der Waals surface area contributed by atoms with Crippen molar-refractivity contribution in [2.75, 3.05) is 13.2 Å². The fourth-order valence-corrected chi connectivity index (χ4v) is 2.61. The van der Waals surface area contributed by atoms with Crippen LogP contribution in [0, 0.1) is 0 Å². The van der Waals surface area contributed by atoms with Gasteiger partial charge in [0.15, 0.2) is 18.5 Å². The zero-order valence-electron chi connectivity index (χ0n) is 13.8. The van der Waals surface area contributed by atoms with Crippen LogP contribution in [0.25, 0.3) is 0 Å². The first-order valence-corrected chi connectivity index (χ1v) is 8.03. The average molecular weight is 338 g/mol. The maximum absolute atomic E-state index is 12.9. The number of carbonyl (C=O) groups excluding carboxylic acids is 2. The molecule has 5 nitrogen and oxygen atoms in total. The third kappa shape index (κ3) is 3.71. The molecule has 5 heteroatoms. The number of benzene rings is 2. The lowest BCUT2D eigenvalue weighted by molar-refractivity contribution is -0.146. The van der Waals surface area contributed by atoms with E-state index in [1.54, 1.807) is 25.1 Å². The number of ether oxygens (including phenoxy) is 3. The van der Waals surface area contributed by atoms with Crippen LogP contribution in [0.3, 0.4) is 0 Å². The molecule has 0 aromatic heterocycles. The van der Waals surface area contributed by atoms with Crippen LogP contribution in [0.2, 0.25) is 0 Å². The number of para-hydroxylation sites is 1. The Morgan fingerprint density at radius 1 is 1.12 bits per heavy atom. The van der Waals surface area contributed by atoms with Gasteiger partial charge in [-0.15, -0.1) is 0 Å². The summed E-state index contributed by atoms with van der Waals surface area (Å²) in [5, 5.41) is 0. The van der Waals surface area contributed by atoms with Gasteiger partial charge in [-0.2, -0.15) is 0 Å². The third-order valence-corrected chi connectivity index (χ3v) is 3.74. The summed E-state index contributed by atoms with van der Waals surface area (Å²) >= 11 is 0. The van der Waals surface area contributed by atoms with Crippen molar-refractivity contribution in [3.63, 3.8) is 0 Å². The molecule has 0 fully saturated rings. The molecule has 2 aromatic rings. The Kier molecular flexibility index (Phi) is 5.14. The minimum atomic E-state index is -0.592. The highest BCUT2D eigenvalue weighted by Crippen LogP contribution is 2.38. The second-order valence-electron chi connectivity index (χ2n) is 5.42. The van der Waals surface area contributed by atoms with Crippen LogP contribution in [-0.2, 0) is 14.3 Å². The van der Waals surface area contributed by atoms with Crippen molar-refractivity contribution in [1.82, 2.24) is 0 Å². The molecule has 25 heavy (non-hydrogen) atoms. The fraction of sp³-hybridized carbons (Fsp3) is 0.200. The predicted molar refractivity (Wildman–Crippen MR) is 91.3 cm³/mol. The van der Waals surface area contributed by atoms with Gasteiger partial charge in [0.1, 0.15) is 5.75 Å². The lowest BCUT2D eigenvalue weighted by Crippen LogP contribution is -2.24.